The third kappa shape index (κ3) is 4.61. The van der Waals surface area contributed by atoms with Gasteiger partial charge < -0.3 is 21.7 Å². The van der Waals surface area contributed by atoms with Crippen LogP contribution in [-0.4, -0.2) is 30.4 Å². The van der Waals surface area contributed by atoms with Gasteiger partial charge in [0.1, 0.15) is 6.04 Å². The van der Waals surface area contributed by atoms with E-state index in [0.29, 0.717) is 42.2 Å². The highest BCUT2D eigenvalue weighted by molar-refractivity contribution is 6.31. The molecule has 1 unspecified atom stereocenters. The number of anilines is 1. The second kappa shape index (κ2) is 8.75. The standard InChI is InChI=1S/C20H22ClN5O2/c21-14-8-9-15-17(11-14)26(12-13-5-2-1-3-6-13)19(28)16(25-18(15)27)7-4-10-24-20(22)23/h1-3,5-6,8-9,11,16H,4,7,10,12H2,(H,25,27)(H4,22,23,24). The number of nitrogens with two attached hydrogens (primary N) is 2. The fraction of sp³-hybridized carbons (Fsp3) is 0.250. The van der Waals surface area contributed by atoms with Crippen LogP contribution < -0.4 is 21.7 Å². The minimum atomic E-state index is -0.670. The van der Waals surface area contributed by atoms with E-state index in [-0.39, 0.29) is 17.8 Å². The smallest absolute Gasteiger partial charge is 0.254 e. The van der Waals surface area contributed by atoms with Crippen LogP contribution in [0.3, 0.4) is 0 Å². The summed E-state index contributed by atoms with van der Waals surface area (Å²) in [6, 6.07) is 13.9. The molecule has 0 saturated heterocycles. The molecule has 146 valence electrons. The molecule has 5 N–H and O–H groups in total. The van der Waals surface area contributed by atoms with Gasteiger partial charge in [-0.2, -0.15) is 0 Å². The van der Waals surface area contributed by atoms with Crippen molar-refractivity contribution < 1.29 is 9.59 Å². The average Bonchev–Trinajstić information content (AvgIpc) is 2.76. The third-order valence-corrected chi connectivity index (χ3v) is 4.73. The Kier molecular flexibility index (Phi) is 6.16. The van der Waals surface area contributed by atoms with Gasteiger partial charge in [0, 0.05) is 11.6 Å². The fourth-order valence-electron chi connectivity index (χ4n) is 3.15. The summed E-state index contributed by atoms with van der Waals surface area (Å²) in [5.41, 5.74) is 12.5. The zero-order valence-corrected chi connectivity index (χ0v) is 16.0. The molecule has 1 aliphatic rings. The van der Waals surface area contributed by atoms with Crippen LogP contribution >= 0.6 is 11.6 Å². The van der Waals surface area contributed by atoms with Gasteiger partial charge in [0.05, 0.1) is 17.8 Å². The van der Waals surface area contributed by atoms with Gasteiger partial charge in [0.2, 0.25) is 5.91 Å². The van der Waals surface area contributed by atoms with E-state index >= 15 is 0 Å². The van der Waals surface area contributed by atoms with Gasteiger partial charge >= 0.3 is 0 Å². The van der Waals surface area contributed by atoms with Crippen molar-refractivity contribution in [2.24, 2.45) is 16.5 Å². The second-order valence-corrected chi connectivity index (χ2v) is 6.98. The van der Waals surface area contributed by atoms with E-state index in [2.05, 4.69) is 10.3 Å². The predicted octanol–water partition coefficient (Wildman–Crippen LogP) is 2.04. The molecule has 0 bridgehead atoms. The Morgan fingerprint density at radius 3 is 2.61 bits per heavy atom. The van der Waals surface area contributed by atoms with Crippen molar-refractivity contribution in [2.75, 3.05) is 11.4 Å². The van der Waals surface area contributed by atoms with Crippen LogP contribution in [0.1, 0.15) is 28.8 Å². The molecule has 1 atom stereocenters. The van der Waals surface area contributed by atoms with Crippen molar-refractivity contribution in [3.8, 4) is 0 Å². The number of benzene rings is 2. The lowest BCUT2D eigenvalue weighted by Crippen LogP contribution is -2.45. The number of carbonyl (C=O) groups excluding carboxylic acids is 2. The number of hydrogen-bond acceptors (Lipinski definition) is 3. The van der Waals surface area contributed by atoms with Crippen molar-refractivity contribution in [1.82, 2.24) is 5.32 Å². The lowest BCUT2D eigenvalue weighted by molar-refractivity contribution is -0.120. The number of amides is 2. The summed E-state index contributed by atoms with van der Waals surface area (Å²) < 4.78 is 0. The lowest BCUT2D eigenvalue weighted by atomic mass is 10.1. The number of nitrogens with one attached hydrogen (secondary N) is 1. The summed E-state index contributed by atoms with van der Waals surface area (Å²) in [5, 5.41) is 3.29. The summed E-state index contributed by atoms with van der Waals surface area (Å²) in [4.78, 5) is 31.5. The quantitative estimate of drug-likeness (QED) is 0.391. The Balaban J connectivity index is 1.91. The molecular formula is C20H22ClN5O2. The zero-order chi connectivity index (χ0) is 20.1. The van der Waals surface area contributed by atoms with Crippen molar-refractivity contribution in [3.05, 3.63) is 64.7 Å². The molecule has 28 heavy (non-hydrogen) atoms. The molecule has 7 nitrogen and oxygen atoms in total. The van der Waals surface area contributed by atoms with E-state index in [0.717, 1.165) is 5.56 Å². The van der Waals surface area contributed by atoms with Gasteiger partial charge in [-0.3, -0.25) is 14.6 Å². The Morgan fingerprint density at radius 1 is 1.14 bits per heavy atom. The third-order valence-electron chi connectivity index (χ3n) is 4.49. The van der Waals surface area contributed by atoms with Gasteiger partial charge in [0.25, 0.3) is 5.91 Å². The molecule has 1 aliphatic heterocycles. The molecule has 0 spiro atoms. The minimum Gasteiger partial charge on any atom is -0.370 e. The van der Waals surface area contributed by atoms with E-state index in [1.807, 2.05) is 30.3 Å². The van der Waals surface area contributed by atoms with Crippen molar-refractivity contribution in [2.45, 2.75) is 25.4 Å². The molecule has 0 aliphatic carbocycles. The number of hydrogen-bond donors (Lipinski definition) is 3. The van der Waals surface area contributed by atoms with Gasteiger partial charge in [-0.25, -0.2) is 0 Å². The molecule has 2 aromatic carbocycles. The van der Waals surface area contributed by atoms with Crippen LogP contribution in [0.25, 0.3) is 0 Å². The monoisotopic (exact) mass is 399 g/mol. The van der Waals surface area contributed by atoms with Crippen molar-refractivity contribution >= 4 is 35.1 Å². The van der Waals surface area contributed by atoms with Gasteiger partial charge in [-0.05, 0) is 36.6 Å². The molecule has 2 aromatic rings. The Hall–Kier alpha value is -3.06. The van der Waals surface area contributed by atoms with Crippen LogP contribution in [0.2, 0.25) is 5.02 Å². The number of carbonyl (C=O) groups is 2. The number of halogens is 1. The number of rotatable bonds is 6. The molecule has 0 saturated carbocycles. The first kappa shape index (κ1) is 19.7. The van der Waals surface area contributed by atoms with E-state index in [1.54, 1.807) is 23.1 Å². The summed E-state index contributed by atoms with van der Waals surface area (Å²) >= 11 is 6.15. The van der Waals surface area contributed by atoms with E-state index in [1.165, 1.54) is 0 Å². The molecule has 1 heterocycles. The van der Waals surface area contributed by atoms with Crippen LogP contribution in [0.5, 0.6) is 0 Å². The average molecular weight is 400 g/mol. The van der Waals surface area contributed by atoms with Crippen molar-refractivity contribution in [1.29, 1.82) is 0 Å². The SMILES string of the molecule is NC(N)=NCCCC1NC(=O)c2ccc(Cl)cc2N(Cc2ccccc2)C1=O. The van der Waals surface area contributed by atoms with E-state index in [9.17, 15) is 9.59 Å². The molecule has 0 fully saturated rings. The number of guanidine groups is 1. The highest BCUT2D eigenvalue weighted by atomic mass is 35.5. The topological polar surface area (TPSA) is 114 Å². The number of fused-ring (bicyclic) bond motifs is 1. The Labute approximate surface area is 168 Å². The summed E-state index contributed by atoms with van der Waals surface area (Å²) in [5.74, 6) is -0.491. The van der Waals surface area contributed by atoms with E-state index in [4.69, 9.17) is 23.1 Å². The maximum Gasteiger partial charge on any atom is 0.254 e. The first-order valence-electron chi connectivity index (χ1n) is 8.97. The van der Waals surface area contributed by atoms with Crippen LogP contribution in [0.4, 0.5) is 5.69 Å². The normalized spacial score (nSPS) is 16.2. The molecule has 2 amide bonds. The highest BCUT2D eigenvalue weighted by Gasteiger charge is 2.33. The van der Waals surface area contributed by atoms with Gasteiger partial charge in [-0.15, -0.1) is 0 Å². The maximum atomic E-state index is 13.3. The van der Waals surface area contributed by atoms with Gasteiger partial charge in [0.15, 0.2) is 5.96 Å². The van der Waals surface area contributed by atoms with E-state index < -0.39 is 6.04 Å². The highest BCUT2D eigenvalue weighted by Crippen LogP contribution is 2.30. The molecule has 3 rings (SSSR count). The molecule has 0 aromatic heterocycles. The predicted molar refractivity (Wildman–Crippen MR) is 110 cm³/mol. The number of aliphatic imine (C=N–C) groups is 1. The molecule has 0 radical (unpaired) electrons. The molecular weight excluding hydrogens is 378 g/mol. The van der Waals surface area contributed by atoms with Crippen LogP contribution in [-0.2, 0) is 11.3 Å². The van der Waals surface area contributed by atoms with Crippen molar-refractivity contribution in [3.63, 3.8) is 0 Å². The summed E-state index contributed by atoms with van der Waals surface area (Å²) in [6.45, 7) is 0.728. The summed E-state index contributed by atoms with van der Waals surface area (Å²) in [6.07, 6.45) is 0.985. The summed E-state index contributed by atoms with van der Waals surface area (Å²) in [7, 11) is 0. The first-order chi connectivity index (χ1) is 13.5. The van der Waals surface area contributed by atoms with Gasteiger partial charge in [-0.1, -0.05) is 41.9 Å². The Morgan fingerprint density at radius 2 is 1.89 bits per heavy atom. The largest absolute Gasteiger partial charge is 0.370 e. The maximum absolute atomic E-state index is 13.3. The molecule has 8 heteroatoms. The lowest BCUT2D eigenvalue weighted by Gasteiger charge is -2.25. The van der Waals surface area contributed by atoms with Crippen LogP contribution in [0, 0.1) is 0 Å². The Bertz CT molecular complexity index is 897. The zero-order valence-electron chi connectivity index (χ0n) is 15.3. The second-order valence-electron chi connectivity index (χ2n) is 6.55. The minimum absolute atomic E-state index is 0.00368. The van der Waals surface area contributed by atoms with Crippen LogP contribution in [0.15, 0.2) is 53.5 Å². The first-order valence-corrected chi connectivity index (χ1v) is 9.34. The number of nitrogens with zero attached hydrogens (tertiary/aromatic N) is 2. The fourth-order valence-corrected chi connectivity index (χ4v) is 3.32.